The maximum atomic E-state index is 13.0. The monoisotopic (exact) mass is 407 g/mol. The van der Waals surface area contributed by atoms with Crippen molar-refractivity contribution < 1.29 is 18.0 Å². The molecule has 0 saturated heterocycles. The number of anilines is 1. The van der Waals surface area contributed by atoms with Crippen molar-refractivity contribution in [3.63, 3.8) is 0 Å². The predicted octanol–water partition coefficient (Wildman–Crippen LogP) is 4.38. The molecule has 3 aromatic rings. The lowest BCUT2D eigenvalue weighted by atomic mass is 9.95. The van der Waals surface area contributed by atoms with Gasteiger partial charge in [0.1, 0.15) is 10.7 Å². The van der Waals surface area contributed by atoms with E-state index in [4.69, 9.17) is 0 Å². The average Bonchev–Trinajstić information content (AvgIpc) is 3.29. The molecule has 0 aromatic carbocycles. The van der Waals surface area contributed by atoms with E-state index in [1.54, 1.807) is 0 Å². The topological polar surface area (TPSA) is 66.9 Å². The van der Waals surface area contributed by atoms with Crippen molar-refractivity contribution in [2.24, 2.45) is 0 Å². The summed E-state index contributed by atoms with van der Waals surface area (Å²) >= 11 is 1.51. The molecular weight excluding hydrogens is 391 g/mol. The average molecular weight is 407 g/mol. The molecule has 0 fully saturated rings. The number of carbonyl (C=O) groups excluding carboxylic acids is 1. The Bertz CT molecular complexity index is 1080. The summed E-state index contributed by atoms with van der Waals surface area (Å²) in [7, 11) is 0. The fourth-order valence-corrected chi connectivity index (χ4v) is 4.71. The number of H-pyrrole nitrogens is 1. The summed E-state index contributed by atoms with van der Waals surface area (Å²) < 4.78 is 40.7. The van der Waals surface area contributed by atoms with E-state index in [1.807, 2.05) is 34.1 Å². The van der Waals surface area contributed by atoms with Crippen LogP contribution in [0.25, 0.3) is 5.00 Å². The largest absolute Gasteiger partial charge is 0.417 e. The number of fused-ring (bicyclic) bond motifs is 1. The van der Waals surface area contributed by atoms with Crippen LogP contribution in [0.5, 0.6) is 0 Å². The van der Waals surface area contributed by atoms with E-state index in [-0.39, 0.29) is 0 Å². The molecule has 5 nitrogen and oxygen atoms in total. The van der Waals surface area contributed by atoms with Crippen LogP contribution < -0.4 is 10.9 Å². The molecule has 146 valence electrons. The Morgan fingerprint density at radius 2 is 1.89 bits per heavy atom. The van der Waals surface area contributed by atoms with E-state index < -0.39 is 28.9 Å². The van der Waals surface area contributed by atoms with E-state index >= 15 is 0 Å². The Kier molecular flexibility index (Phi) is 4.62. The van der Waals surface area contributed by atoms with Crippen LogP contribution in [0.3, 0.4) is 0 Å². The molecule has 3 heterocycles. The summed E-state index contributed by atoms with van der Waals surface area (Å²) in [4.78, 5) is 28.1. The lowest BCUT2D eigenvalue weighted by Gasteiger charge is -2.14. The van der Waals surface area contributed by atoms with Crippen LogP contribution in [0.4, 0.5) is 18.9 Å². The summed E-state index contributed by atoms with van der Waals surface area (Å²) in [6, 6.07) is 4.32. The van der Waals surface area contributed by atoms with E-state index in [0.29, 0.717) is 22.8 Å². The Labute approximate surface area is 161 Å². The number of aryl methyl sites for hydroxylation is 1. The maximum absolute atomic E-state index is 13.0. The zero-order valence-corrected chi connectivity index (χ0v) is 15.4. The van der Waals surface area contributed by atoms with Crippen molar-refractivity contribution >= 4 is 22.9 Å². The number of amides is 1. The van der Waals surface area contributed by atoms with Gasteiger partial charge < -0.3 is 14.9 Å². The fourth-order valence-electron chi connectivity index (χ4n) is 3.36. The molecule has 1 amide bonds. The molecule has 0 radical (unpaired) electrons. The summed E-state index contributed by atoms with van der Waals surface area (Å²) in [5.74, 6) is -0.576. The highest BCUT2D eigenvalue weighted by molar-refractivity contribution is 7.15. The molecule has 1 aliphatic carbocycles. The number of nitrogens with one attached hydrogen (secondary N) is 2. The highest BCUT2D eigenvalue weighted by atomic mass is 32.1. The summed E-state index contributed by atoms with van der Waals surface area (Å²) in [6.07, 6.45) is 3.17. The molecule has 1 aliphatic rings. The molecule has 0 saturated carbocycles. The third-order valence-corrected chi connectivity index (χ3v) is 6.00. The third kappa shape index (κ3) is 3.37. The number of rotatable bonds is 3. The molecular formula is C19H16F3N3O2S. The van der Waals surface area contributed by atoms with Crippen LogP contribution in [-0.4, -0.2) is 15.5 Å². The number of hydrogen-bond acceptors (Lipinski definition) is 3. The van der Waals surface area contributed by atoms with Crippen LogP contribution in [0.2, 0.25) is 0 Å². The van der Waals surface area contributed by atoms with Crippen LogP contribution in [-0.2, 0) is 19.0 Å². The van der Waals surface area contributed by atoms with Gasteiger partial charge in [0, 0.05) is 23.5 Å². The first-order chi connectivity index (χ1) is 13.3. The van der Waals surface area contributed by atoms with Crippen molar-refractivity contribution in [2.45, 2.75) is 31.9 Å². The number of nitrogens with zero attached hydrogens (tertiary/aromatic N) is 1. The number of hydrogen-bond donors (Lipinski definition) is 2. The van der Waals surface area contributed by atoms with Gasteiger partial charge in [0.05, 0.1) is 11.1 Å². The van der Waals surface area contributed by atoms with Crippen LogP contribution in [0.1, 0.15) is 39.2 Å². The van der Waals surface area contributed by atoms with Gasteiger partial charge in [-0.1, -0.05) is 0 Å². The molecule has 4 rings (SSSR count). The minimum Gasteiger partial charge on any atom is -0.327 e. The van der Waals surface area contributed by atoms with Crippen molar-refractivity contribution in [1.82, 2.24) is 9.55 Å². The number of alkyl halides is 3. The van der Waals surface area contributed by atoms with Crippen LogP contribution in [0.15, 0.2) is 41.6 Å². The molecule has 0 unspecified atom stereocenters. The van der Waals surface area contributed by atoms with Gasteiger partial charge in [0.2, 0.25) is 0 Å². The maximum Gasteiger partial charge on any atom is 0.417 e. The molecule has 0 atom stereocenters. The first kappa shape index (κ1) is 18.5. The van der Waals surface area contributed by atoms with Crippen LogP contribution >= 0.6 is 11.3 Å². The zero-order valence-electron chi connectivity index (χ0n) is 14.6. The Balaban J connectivity index is 1.75. The summed E-state index contributed by atoms with van der Waals surface area (Å²) in [5, 5.41) is 3.09. The first-order valence-electron chi connectivity index (χ1n) is 8.74. The number of halogens is 3. The highest BCUT2D eigenvalue weighted by Crippen LogP contribution is 2.37. The minimum absolute atomic E-state index is 0.422. The summed E-state index contributed by atoms with van der Waals surface area (Å²) in [5.41, 5.74) is -0.893. The van der Waals surface area contributed by atoms with Crippen LogP contribution in [0, 0.1) is 0 Å². The predicted molar refractivity (Wildman–Crippen MR) is 100 cm³/mol. The van der Waals surface area contributed by atoms with Gasteiger partial charge in [0.15, 0.2) is 0 Å². The highest BCUT2D eigenvalue weighted by Gasteiger charge is 2.32. The van der Waals surface area contributed by atoms with Gasteiger partial charge in [-0.3, -0.25) is 9.59 Å². The van der Waals surface area contributed by atoms with Crippen molar-refractivity contribution in [1.29, 1.82) is 0 Å². The van der Waals surface area contributed by atoms with E-state index in [2.05, 4.69) is 5.32 Å². The van der Waals surface area contributed by atoms with Gasteiger partial charge in [-0.05, 0) is 49.4 Å². The van der Waals surface area contributed by atoms with Gasteiger partial charge in [-0.15, -0.1) is 11.3 Å². The number of carbonyl (C=O) groups is 1. The Hall–Kier alpha value is -2.81. The zero-order chi connectivity index (χ0) is 19.9. The van der Waals surface area contributed by atoms with Gasteiger partial charge in [0.25, 0.3) is 11.5 Å². The molecule has 9 heteroatoms. The minimum atomic E-state index is -4.62. The number of pyridine rings is 1. The SMILES string of the molecule is O=C(Nc1cc(C(F)(F)F)c[nH]c1=O)c1c(-n2cccc2)sc2c1CCCC2. The number of thiophene rings is 1. The van der Waals surface area contributed by atoms with E-state index in [1.165, 1.54) is 11.3 Å². The van der Waals surface area contributed by atoms with Crippen molar-refractivity contribution in [3.8, 4) is 5.00 Å². The van der Waals surface area contributed by atoms with Crippen molar-refractivity contribution in [2.75, 3.05) is 5.32 Å². The second kappa shape index (κ2) is 6.97. The smallest absolute Gasteiger partial charge is 0.327 e. The molecule has 0 bridgehead atoms. The van der Waals surface area contributed by atoms with Gasteiger partial charge in [-0.25, -0.2) is 0 Å². The molecule has 28 heavy (non-hydrogen) atoms. The Morgan fingerprint density at radius 1 is 1.18 bits per heavy atom. The Morgan fingerprint density at radius 3 is 2.61 bits per heavy atom. The lowest BCUT2D eigenvalue weighted by Crippen LogP contribution is -2.23. The van der Waals surface area contributed by atoms with E-state index in [9.17, 15) is 22.8 Å². The number of aromatic nitrogens is 2. The lowest BCUT2D eigenvalue weighted by molar-refractivity contribution is -0.137. The molecule has 0 aliphatic heterocycles. The van der Waals surface area contributed by atoms with Crippen molar-refractivity contribution in [3.05, 3.63) is 68.7 Å². The van der Waals surface area contributed by atoms with Gasteiger partial charge in [-0.2, -0.15) is 13.2 Å². The molecule has 3 aromatic heterocycles. The third-order valence-electron chi connectivity index (χ3n) is 4.70. The number of aromatic amines is 1. The first-order valence-corrected chi connectivity index (χ1v) is 9.55. The second-order valence-electron chi connectivity index (χ2n) is 6.56. The second-order valence-corrected chi connectivity index (χ2v) is 7.65. The molecule has 2 N–H and O–H groups in total. The fraction of sp³-hybridized carbons (Fsp3) is 0.263. The summed E-state index contributed by atoms with van der Waals surface area (Å²) in [6.45, 7) is 0. The van der Waals surface area contributed by atoms with E-state index in [0.717, 1.165) is 36.1 Å². The standard InChI is InChI=1S/C19H16F3N3O2S/c20-19(21,22)11-9-13(16(26)23-10-11)24-17(27)15-12-5-1-2-6-14(12)28-18(15)25-7-3-4-8-25/h3-4,7-10H,1-2,5-6H2,(H,23,26)(H,24,27). The normalized spacial score (nSPS) is 14.0. The quantitative estimate of drug-likeness (QED) is 0.677. The van der Waals surface area contributed by atoms with Gasteiger partial charge >= 0.3 is 6.18 Å². The molecule has 0 spiro atoms.